The highest BCUT2D eigenvalue weighted by atomic mass is 16.6. The summed E-state index contributed by atoms with van der Waals surface area (Å²) in [4.78, 5) is 35.5. The van der Waals surface area contributed by atoms with Gasteiger partial charge < -0.3 is 18.8 Å². The standard InChI is InChI=1S/C27H27N5O7/c1-4-38-25-12-20(7-10-24(25)39-16-19-5-8-22(9-6-19)32(35)36)14-29-30-26(33)15-31-18(2)11-21(17-37-3)23(13-28)27(31)34/h5-12,14H,4,15-17H2,1-3H3,(H,30,33)/b29-14+. The minimum atomic E-state index is -0.575. The largest absolute Gasteiger partial charge is 0.490 e. The molecule has 0 aliphatic heterocycles. The third-order valence-corrected chi connectivity index (χ3v) is 5.51. The second-order valence-electron chi connectivity index (χ2n) is 8.27. The molecule has 0 radical (unpaired) electrons. The Balaban J connectivity index is 1.66. The normalized spacial score (nSPS) is 10.7. The van der Waals surface area contributed by atoms with E-state index in [1.807, 2.05) is 13.0 Å². The Kier molecular flexibility index (Phi) is 9.88. The molecule has 0 saturated heterocycles. The minimum absolute atomic E-state index is 0.00131. The van der Waals surface area contributed by atoms with E-state index in [9.17, 15) is 25.0 Å². The smallest absolute Gasteiger partial charge is 0.269 e. The van der Waals surface area contributed by atoms with Gasteiger partial charge in [-0.05, 0) is 61.4 Å². The number of ether oxygens (including phenoxy) is 3. The lowest BCUT2D eigenvalue weighted by Gasteiger charge is -2.13. The molecule has 2 aromatic carbocycles. The van der Waals surface area contributed by atoms with E-state index in [2.05, 4.69) is 10.5 Å². The molecule has 3 aromatic rings. The van der Waals surface area contributed by atoms with Crippen LogP contribution in [0.2, 0.25) is 0 Å². The molecule has 12 nitrogen and oxygen atoms in total. The van der Waals surface area contributed by atoms with Crippen LogP contribution < -0.4 is 20.5 Å². The third-order valence-electron chi connectivity index (χ3n) is 5.51. The number of pyridine rings is 1. The maximum absolute atomic E-state index is 12.7. The topological polar surface area (TPSA) is 158 Å². The zero-order valence-corrected chi connectivity index (χ0v) is 21.7. The highest BCUT2D eigenvalue weighted by Crippen LogP contribution is 2.29. The minimum Gasteiger partial charge on any atom is -0.490 e. The van der Waals surface area contributed by atoms with Crippen LogP contribution >= 0.6 is 0 Å². The molecule has 202 valence electrons. The average Bonchev–Trinajstić information content (AvgIpc) is 2.91. The number of nitriles is 1. The number of aryl methyl sites for hydroxylation is 1. The Bertz CT molecular complexity index is 1470. The van der Waals surface area contributed by atoms with Gasteiger partial charge in [0.2, 0.25) is 0 Å². The lowest BCUT2D eigenvalue weighted by molar-refractivity contribution is -0.384. The molecule has 12 heteroatoms. The number of hydrazone groups is 1. The number of nitrogens with zero attached hydrogens (tertiary/aromatic N) is 4. The molecule has 0 unspecified atom stereocenters. The van der Waals surface area contributed by atoms with Crippen LogP contribution in [0.4, 0.5) is 5.69 Å². The number of hydrogen-bond donors (Lipinski definition) is 1. The van der Waals surface area contributed by atoms with Crippen LogP contribution in [0.25, 0.3) is 0 Å². The predicted octanol–water partition coefficient (Wildman–Crippen LogP) is 3.21. The van der Waals surface area contributed by atoms with Gasteiger partial charge in [0.1, 0.15) is 24.8 Å². The van der Waals surface area contributed by atoms with Crippen molar-refractivity contribution in [3.05, 3.63) is 96.9 Å². The maximum Gasteiger partial charge on any atom is 0.269 e. The molecule has 0 saturated carbocycles. The number of nitrogens with one attached hydrogen (secondary N) is 1. The first kappa shape index (κ1) is 28.5. The van der Waals surface area contributed by atoms with E-state index in [0.717, 1.165) is 5.56 Å². The van der Waals surface area contributed by atoms with Crippen molar-refractivity contribution in [1.82, 2.24) is 9.99 Å². The van der Waals surface area contributed by atoms with Gasteiger partial charge in [0.15, 0.2) is 11.5 Å². The van der Waals surface area contributed by atoms with E-state index < -0.39 is 16.4 Å². The predicted molar refractivity (Wildman–Crippen MR) is 142 cm³/mol. The molecule has 3 rings (SSSR count). The second-order valence-corrected chi connectivity index (χ2v) is 8.27. The summed E-state index contributed by atoms with van der Waals surface area (Å²) in [5.74, 6) is 0.376. The van der Waals surface area contributed by atoms with E-state index in [-0.39, 0.29) is 31.0 Å². The summed E-state index contributed by atoms with van der Waals surface area (Å²) < 4.78 is 17.7. The summed E-state index contributed by atoms with van der Waals surface area (Å²) in [7, 11) is 1.47. The van der Waals surface area contributed by atoms with Crippen molar-refractivity contribution in [2.24, 2.45) is 5.10 Å². The van der Waals surface area contributed by atoms with Gasteiger partial charge in [-0.2, -0.15) is 10.4 Å². The van der Waals surface area contributed by atoms with Crippen molar-refractivity contribution >= 4 is 17.8 Å². The van der Waals surface area contributed by atoms with Crippen LogP contribution in [-0.2, 0) is 29.3 Å². The molecule has 39 heavy (non-hydrogen) atoms. The van der Waals surface area contributed by atoms with E-state index in [1.54, 1.807) is 43.3 Å². The Morgan fingerprint density at radius 1 is 1.15 bits per heavy atom. The molecule has 1 aromatic heterocycles. The molecule has 1 N–H and O–H groups in total. The van der Waals surface area contributed by atoms with Gasteiger partial charge in [-0.25, -0.2) is 5.43 Å². The van der Waals surface area contributed by atoms with Crippen LogP contribution in [-0.4, -0.2) is 35.3 Å². The monoisotopic (exact) mass is 533 g/mol. The Morgan fingerprint density at radius 2 is 1.90 bits per heavy atom. The van der Waals surface area contributed by atoms with E-state index in [1.165, 1.54) is 30.0 Å². The molecular weight excluding hydrogens is 506 g/mol. The molecule has 0 aliphatic rings. The molecule has 1 heterocycles. The van der Waals surface area contributed by atoms with Crippen molar-refractivity contribution in [3.8, 4) is 17.6 Å². The molecule has 0 spiro atoms. The van der Waals surface area contributed by atoms with Crippen molar-refractivity contribution in [1.29, 1.82) is 5.26 Å². The van der Waals surface area contributed by atoms with Crippen LogP contribution in [0.3, 0.4) is 0 Å². The third kappa shape index (κ3) is 7.50. The second kappa shape index (κ2) is 13.5. The highest BCUT2D eigenvalue weighted by Gasteiger charge is 2.15. The zero-order valence-electron chi connectivity index (χ0n) is 21.7. The summed E-state index contributed by atoms with van der Waals surface area (Å²) in [5, 5.41) is 24.1. The average molecular weight is 534 g/mol. The SMILES string of the molecule is CCOc1cc(/C=N/NC(=O)Cn2c(C)cc(COC)c(C#N)c2=O)ccc1OCc1ccc([N+](=O)[O-])cc1. The first-order valence-electron chi connectivity index (χ1n) is 11.8. The summed E-state index contributed by atoms with van der Waals surface area (Å²) >= 11 is 0. The van der Waals surface area contributed by atoms with Crippen LogP contribution in [0.5, 0.6) is 11.5 Å². The molecule has 0 fully saturated rings. The van der Waals surface area contributed by atoms with E-state index in [4.69, 9.17) is 14.2 Å². The molecule has 1 amide bonds. The maximum atomic E-state index is 12.7. The van der Waals surface area contributed by atoms with Crippen molar-refractivity contribution in [2.75, 3.05) is 13.7 Å². The number of rotatable bonds is 12. The van der Waals surface area contributed by atoms with Gasteiger partial charge in [0.25, 0.3) is 17.2 Å². The van der Waals surface area contributed by atoms with Crippen LogP contribution in [0.15, 0.2) is 58.4 Å². The fourth-order valence-electron chi connectivity index (χ4n) is 3.65. The van der Waals surface area contributed by atoms with Gasteiger partial charge in [-0.15, -0.1) is 0 Å². The molecular formula is C27H27N5O7. The summed E-state index contributed by atoms with van der Waals surface area (Å²) in [6.45, 7) is 3.85. The van der Waals surface area contributed by atoms with E-state index in [0.29, 0.717) is 34.9 Å². The molecule has 0 bridgehead atoms. The number of nitro groups is 1. The van der Waals surface area contributed by atoms with Crippen LogP contribution in [0.1, 0.15) is 34.9 Å². The quantitative estimate of drug-likeness (QED) is 0.211. The lowest BCUT2D eigenvalue weighted by atomic mass is 10.1. The summed E-state index contributed by atoms with van der Waals surface area (Å²) in [6, 6.07) is 14.7. The number of hydrogen-bond acceptors (Lipinski definition) is 9. The van der Waals surface area contributed by atoms with Gasteiger partial charge in [-0.3, -0.25) is 19.7 Å². The Morgan fingerprint density at radius 3 is 2.54 bits per heavy atom. The number of benzene rings is 2. The first-order valence-corrected chi connectivity index (χ1v) is 11.8. The Labute approximate surface area is 224 Å². The summed E-state index contributed by atoms with van der Waals surface area (Å²) in [6.07, 6.45) is 1.42. The highest BCUT2D eigenvalue weighted by molar-refractivity contribution is 5.83. The van der Waals surface area contributed by atoms with Gasteiger partial charge in [-0.1, -0.05) is 0 Å². The number of amides is 1. The van der Waals surface area contributed by atoms with Crippen molar-refractivity contribution < 1.29 is 23.9 Å². The van der Waals surface area contributed by atoms with Gasteiger partial charge >= 0.3 is 0 Å². The van der Waals surface area contributed by atoms with E-state index >= 15 is 0 Å². The fourth-order valence-corrected chi connectivity index (χ4v) is 3.65. The van der Waals surface area contributed by atoms with Gasteiger partial charge in [0.05, 0.1) is 24.4 Å². The fraction of sp³-hybridized carbons (Fsp3) is 0.259. The summed E-state index contributed by atoms with van der Waals surface area (Å²) in [5.41, 5.74) is 4.07. The number of non-ortho nitro benzene ring substituents is 1. The number of aromatic nitrogens is 1. The number of nitro benzene ring substituents is 1. The van der Waals surface area contributed by atoms with Crippen molar-refractivity contribution in [3.63, 3.8) is 0 Å². The number of carbonyl (C=O) groups is 1. The molecule has 0 atom stereocenters. The molecule has 0 aliphatic carbocycles. The zero-order chi connectivity index (χ0) is 28.4. The number of methoxy groups -OCH3 is 1. The number of carbonyl (C=O) groups excluding carboxylic acids is 1. The Hall–Kier alpha value is -5.02. The lowest BCUT2D eigenvalue weighted by Crippen LogP contribution is -2.33. The van der Waals surface area contributed by atoms with Gasteiger partial charge in [0, 0.05) is 30.5 Å². The first-order chi connectivity index (χ1) is 18.8. The van der Waals surface area contributed by atoms with Crippen molar-refractivity contribution in [2.45, 2.75) is 33.6 Å². The van der Waals surface area contributed by atoms with Crippen LogP contribution in [0, 0.1) is 28.4 Å².